The van der Waals surface area contributed by atoms with Crippen molar-refractivity contribution in [2.75, 3.05) is 0 Å². The summed E-state index contributed by atoms with van der Waals surface area (Å²) >= 11 is 0. The van der Waals surface area contributed by atoms with E-state index in [1.54, 1.807) is 6.07 Å². The van der Waals surface area contributed by atoms with Crippen LogP contribution in [0.5, 0.6) is 0 Å². The molecule has 1 aliphatic carbocycles. The summed E-state index contributed by atoms with van der Waals surface area (Å²) in [5, 5.41) is 0. The lowest BCUT2D eigenvalue weighted by atomic mass is 9.94. The number of carbonyl (C=O) groups excluding carboxylic acids is 1. The average molecular weight is 220 g/mol. The molecule has 0 saturated heterocycles. The predicted molar refractivity (Wildman–Crippen MR) is 61.8 cm³/mol. The first-order valence-corrected chi connectivity index (χ1v) is 5.94. The van der Waals surface area contributed by atoms with Gasteiger partial charge in [0.2, 0.25) is 0 Å². The van der Waals surface area contributed by atoms with Gasteiger partial charge in [0.05, 0.1) is 0 Å². The molecule has 0 bridgehead atoms. The van der Waals surface area contributed by atoms with Crippen LogP contribution in [0, 0.1) is 18.7 Å². The molecule has 0 atom stereocenters. The van der Waals surface area contributed by atoms with Crippen LogP contribution in [-0.4, -0.2) is 5.78 Å². The number of benzene rings is 1. The fourth-order valence-corrected chi connectivity index (χ4v) is 2.41. The van der Waals surface area contributed by atoms with Crippen molar-refractivity contribution >= 4 is 5.78 Å². The van der Waals surface area contributed by atoms with Crippen LogP contribution in [0.1, 0.15) is 36.8 Å². The Balaban J connectivity index is 2.07. The molecule has 1 aromatic rings. The first kappa shape index (κ1) is 11.3. The Morgan fingerprint density at radius 1 is 1.38 bits per heavy atom. The summed E-state index contributed by atoms with van der Waals surface area (Å²) in [5.74, 6) is 0.258. The molecule has 1 fully saturated rings. The number of Topliss-reactive ketones (excluding diaryl/α,β-unsaturated/α-hetero) is 1. The van der Waals surface area contributed by atoms with Gasteiger partial charge in [-0.2, -0.15) is 0 Å². The fraction of sp³-hybridized carbons (Fsp3) is 0.500. The Hall–Kier alpha value is -1.18. The lowest BCUT2D eigenvalue weighted by molar-refractivity contribution is -0.122. The summed E-state index contributed by atoms with van der Waals surface area (Å²) in [4.78, 5) is 12.0. The molecule has 1 saturated carbocycles. The van der Waals surface area contributed by atoms with E-state index in [4.69, 9.17) is 0 Å². The topological polar surface area (TPSA) is 17.1 Å². The van der Waals surface area contributed by atoms with Crippen molar-refractivity contribution in [3.05, 3.63) is 35.1 Å². The number of hydrogen-bond acceptors (Lipinski definition) is 1. The zero-order chi connectivity index (χ0) is 11.5. The first-order chi connectivity index (χ1) is 7.66. The van der Waals surface area contributed by atoms with Crippen LogP contribution in [0.25, 0.3) is 0 Å². The van der Waals surface area contributed by atoms with E-state index in [2.05, 4.69) is 0 Å². The van der Waals surface area contributed by atoms with Crippen LogP contribution >= 0.6 is 0 Å². The van der Waals surface area contributed by atoms with Crippen molar-refractivity contribution in [1.82, 2.24) is 0 Å². The first-order valence-electron chi connectivity index (χ1n) is 5.94. The number of hydrogen-bond donors (Lipinski definition) is 0. The van der Waals surface area contributed by atoms with Gasteiger partial charge in [-0.25, -0.2) is 4.39 Å². The van der Waals surface area contributed by atoms with Crippen molar-refractivity contribution in [2.24, 2.45) is 5.92 Å². The molecule has 0 amide bonds. The van der Waals surface area contributed by atoms with E-state index >= 15 is 0 Å². The van der Waals surface area contributed by atoms with E-state index in [0.717, 1.165) is 24.0 Å². The lowest BCUT2D eigenvalue weighted by Crippen LogP contribution is -2.14. The minimum atomic E-state index is -0.250. The summed E-state index contributed by atoms with van der Waals surface area (Å²) in [5.41, 5.74) is 1.85. The van der Waals surface area contributed by atoms with Crippen LogP contribution in [0.2, 0.25) is 0 Å². The number of carbonyl (C=O) groups is 1. The molecule has 86 valence electrons. The number of aryl methyl sites for hydroxylation is 1. The molecule has 16 heavy (non-hydrogen) atoms. The van der Waals surface area contributed by atoms with Crippen molar-refractivity contribution < 1.29 is 9.18 Å². The van der Waals surface area contributed by atoms with Gasteiger partial charge in [0.15, 0.2) is 0 Å². The molecule has 0 radical (unpaired) electrons. The van der Waals surface area contributed by atoms with Crippen LogP contribution in [0.15, 0.2) is 18.2 Å². The summed E-state index contributed by atoms with van der Waals surface area (Å²) in [6.45, 7) is 1.93. The van der Waals surface area contributed by atoms with Gasteiger partial charge >= 0.3 is 0 Å². The molecule has 0 N–H and O–H groups in total. The van der Waals surface area contributed by atoms with E-state index in [9.17, 15) is 9.18 Å². The molecule has 0 spiro atoms. The zero-order valence-electron chi connectivity index (χ0n) is 9.63. The van der Waals surface area contributed by atoms with Crippen LogP contribution < -0.4 is 0 Å². The number of ketones is 1. The highest BCUT2D eigenvalue weighted by molar-refractivity contribution is 5.83. The third-order valence-electron chi connectivity index (χ3n) is 3.49. The van der Waals surface area contributed by atoms with E-state index < -0.39 is 0 Å². The minimum absolute atomic E-state index is 0.225. The highest BCUT2D eigenvalue weighted by Gasteiger charge is 2.22. The summed E-state index contributed by atoms with van der Waals surface area (Å²) in [6, 6.07) is 4.67. The molecule has 1 aliphatic rings. The van der Waals surface area contributed by atoms with Gasteiger partial charge in [0, 0.05) is 12.3 Å². The fourth-order valence-electron chi connectivity index (χ4n) is 2.41. The maximum atomic E-state index is 13.1. The van der Waals surface area contributed by atoms with Gasteiger partial charge in [-0.05, 0) is 43.0 Å². The van der Waals surface area contributed by atoms with Crippen molar-refractivity contribution in [3.63, 3.8) is 0 Å². The second-order valence-electron chi connectivity index (χ2n) is 4.70. The second kappa shape index (κ2) is 4.77. The quantitative estimate of drug-likeness (QED) is 0.762. The predicted octanol–water partition coefficient (Wildman–Crippen LogP) is 3.44. The van der Waals surface area contributed by atoms with Gasteiger partial charge in [-0.1, -0.05) is 18.9 Å². The molecule has 0 aromatic heterocycles. The smallest absolute Gasteiger partial charge is 0.140 e. The number of rotatable bonds is 3. The van der Waals surface area contributed by atoms with Gasteiger partial charge in [0.25, 0.3) is 0 Å². The van der Waals surface area contributed by atoms with Crippen molar-refractivity contribution in [3.8, 4) is 0 Å². The zero-order valence-corrected chi connectivity index (χ0v) is 9.63. The third-order valence-corrected chi connectivity index (χ3v) is 3.49. The Labute approximate surface area is 95.7 Å². The standard InChI is InChI=1S/C14H17FO/c1-10-6-7-13(15)8-12(10)9-14(16)11-4-2-3-5-11/h6-8,11H,2-5,9H2,1H3. The van der Waals surface area contributed by atoms with Crippen LogP contribution in [-0.2, 0) is 11.2 Å². The van der Waals surface area contributed by atoms with E-state index in [1.807, 2.05) is 6.92 Å². The summed E-state index contributed by atoms with van der Waals surface area (Å²) in [6.07, 6.45) is 4.77. The van der Waals surface area contributed by atoms with Gasteiger partial charge in [0.1, 0.15) is 11.6 Å². The van der Waals surface area contributed by atoms with E-state index in [0.29, 0.717) is 6.42 Å². The molecule has 1 nitrogen and oxygen atoms in total. The third kappa shape index (κ3) is 2.49. The Kier molecular flexibility index (Phi) is 3.37. The number of halogens is 1. The average Bonchev–Trinajstić information content (AvgIpc) is 2.76. The van der Waals surface area contributed by atoms with E-state index in [1.165, 1.54) is 25.0 Å². The molecule has 1 aromatic carbocycles. The maximum absolute atomic E-state index is 13.1. The second-order valence-corrected chi connectivity index (χ2v) is 4.70. The lowest BCUT2D eigenvalue weighted by Gasteiger charge is -2.09. The summed E-state index contributed by atoms with van der Waals surface area (Å²) in [7, 11) is 0. The Bertz CT molecular complexity index is 392. The highest BCUT2D eigenvalue weighted by atomic mass is 19.1. The Morgan fingerprint density at radius 2 is 2.06 bits per heavy atom. The van der Waals surface area contributed by atoms with Gasteiger partial charge in [-0.15, -0.1) is 0 Å². The maximum Gasteiger partial charge on any atom is 0.140 e. The molecular weight excluding hydrogens is 203 g/mol. The van der Waals surface area contributed by atoms with Gasteiger partial charge < -0.3 is 0 Å². The monoisotopic (exact) mass is 220 g/mol. The largest absolute Gasteiger partial charge is 0.299 e. The molecule has 0 heterocycles. The summed E-state index contributed by atoms with van der Waals surface area (Å²) < 4.78 is 13.1. The molecular formula is C14H17FO. The van der Waals surface area contributed by atoms with Crippen molar-refractivity contribution in [1.29, 1.82) is 0 Å². The molecule has 0 aliphatic heterocycles. The van der Waals surface area contributed by atoms with Crippen molar-refractivity contribution in [2.45, 2.75) is 39.0 Å². The van der Waals surface area contributed by atoms with Gasteiger partial charge in [-0.3, -0.25) is 4.79 Å². The van der Waals surface area contributed by atoms with Crippen LogP contribution in [0.3, 0.4) is 0 Å². The van der Waals surface area contributed by atoms with E-state index in [-0.39, 0.29) is 17.5 Å². The minimum Gasteiger partial charge on any atom is -0.299 e. The Morgan fingerprint density at radius 3 is 2.75 bits per heavy atom. The molecule has 2 rings (SSSR count). The SMILES string of the molecule is Cc1ccc(F)cc1CC(=O)C1CCCC1. The van der Waals surface area contributed by atoms with Crippen LogP contribution in [0.4, 0.5) is 4.39 Å². The highest BCUT2D eigenvalue weighted by Crippen LogP contribution is 2.27. The molecule has 2 heteroatoms. The normalized spacial score (nSPS) is 16.6. The molecule has 0 unspecified atom stereocenters.